The van der Waals surface area contributed by atoms with Gasteiger partial charge < -0.3 is 9.64 Å². The van der Waals surface area contributed by atoms with Crippen LogP contribution in [-0.2, 0) is 21.2 Å². The van der Waals surface area contributed by atoms with Crippen molar-refractivity contribution < 1.29 is 17.9 Å². The number of ether oxygens (including phenoxy) is 1. The first-order chi connectivity index (χ1) is 14.6. The van der Waals surface area contributed by atoms with E-state index in [4.69, 9.17) is 4.74 Å². The molecule has 2 atom stereocenters. The van der Waals surface area contributed by atoms with Crippen LogP contribution in [0, 0.1) is 5.41 Å². The van der Waals surface area contributed by atoms with Gasteiger partial charge in [-0.25, -0.2) is 8.42 Å². The third-order valence-corrected chi connectivity index (χ3v) is 8.48. The normalized spacial score (nSPS) is 23.7. The second kappa shape index (κ2) is 8.31. The largest absolute Gasteiger partial charge is 0.489 e. The monoisotopic (exact) mass is 458 g/mol. The molecule has 0 radical (unpaired) electrons. The molecule has 0 unspecified atom stereocenters. The zero-order chi connectivity index (χ0) is 22.2. The molecule has 6 nitrogen and oxygen atoms in total. The summed E-state index contributed by atoms with van der Waals surface area (Å²) in [6.45, 7) is 5.95. The molecule has 31 heavy (non-hydrogen) atoms. The lowest BCUT2D eigenvalue weighted by Crippen LogP contribution is -2.38. The van der Waals surface area contributed by atoms with E-state index in [0.29, 0.717) is 11.8 Å². The molecule has 8 heteroatoms. The highest BCUT2D eigenvalue weighted by atomic mass is 32.2. The van der Waals surface area contributed by atoms with Crippen molar-refractivity contribution in [1.29, 1.82) is 0 Å². The van der Waals surface area contributed by atoms with Crippen molar-refractivity contribution in [1.82, 2.24) is 0 Å². The van der Waals surface area contributed by atoms with E-state index in [-0.39, 0.29) is 28.7 Å². The average molecular weight is 459 g/mol. The maximum Gasteiger partial charge on any atom is 0.253 e. The molecule has 2 aromatic carbocycles. The van der Waals surface area contributed by atoms with Gasteiger partial charge in [-0.3, -0.25) is 4.79 Å². The Morgan fingerprint density at radius 3 is 2.42 bits per heavy atom. The van der Waals surface area contributed by atoms with Crippen molar-refractivity contribution in [2.24, 2.45) is 10.4 Å². The van der Waals surface area contributed by atoms with Crippen molar-refractivity contribution in [3.05, 3.63) is 60.2 Å². The van der Waals surface area contributed by atoms with Crippen LogP contribution in [0.25, 0.3) is 0 Å². The van der Waals surface area contributed by atoms with E-state index in [1.807, 2.05) is 80.3 Å². The molecule has 2 fully saturated rings. The van der Waals surface area contributed by atoms with Crippen LogP contribution in [0.3, 0.4) is 0 Å². The predicted octanol–water partition coefficient (Wildman–Crippen LogP) is 3.91. The molecule has 0 saturated carbocycles. The lowest BCUT2D eigenvalue weighted by atomic mass is 9.96. The number of rotatable bonds is 4. The van der Waals surface area contributed by atoms with Crippen LogP contribution in [0.4, 0.5) is 5.69 Å². The Morgan fingerprint density at radius 1 is 1.10 bits per heavy atom. The standard InChI is InChI=1S/C23H26N2O4S2/c1-23(2,3)21(26)24-22-25(19-14-31(27,28)15-20(19)30-22)17-9-11-18(12-10-17)29-13-16-7-5-4-6-8-16/h4-12,19-20H,13-15H2,1-3H3/t19-,20-/m1/s1. The molecule has 2 heterocycles. The average Bonchev–Trinajstić information content (AvgIpc) is 3.17. The number of fused-ring (bicyclic) bond motifs is 1. The molecular formula is C23H26N2O4S2. The fourth-order valence-corrected chi connectivity index (χ4v) is 7.48. The van der Waals surface area contributed by atoms with Gasteiger partial charge in [-0.15, -0.1) is 0 Å². The van der Waals surface area contributed by atoms with E-state index in [0.717, 1.165) is 17.0 Å². The highest BCUT2D eigenvalue weighted by Crippen LogP contribution is 2.41. The van der Waals surface area contributed by atoms with E-state index in [1.54, 1.807) is 0 Å². The first-order valence-corrected chi connectivity index (χ1v) is 12.9. The zero-order valence-corrected chi connectivity index (χ0v) is 19.4. The minimum atomic E-state index is -3.10. The van der Waals surface area contributed by atoms with Gasteiger partial charge >= 0.3 is 0 Å². The molecule has 164 valence electrons. The van der Waals surface area contributed by atoms with Crippen molar-refractivity contribution in [3.63, 3.8) is 0 Å². The van der Waals surface area contributed by atoms with Crippen LogP contribution >= 0.6 is 11.8 Å². The number of hydrogen-bond acceptors (Lipinski definition) is 5. The minimum Gasteiger partial charge on any atom is -0.489 e. The Balaban J connectivity index is 1.57. The fourth-order valence-electron chi connectivity index (χ4n) is 3.56. The number of anilines is 1. The van der Waals surface area contributed by atoms with Crippen molar-refractivity contribution >= 4 is 38.4 Å². The van der Waals surface area contributed by atoms with E-state index in [2.05, 4.69) is 4.99 Å². The molecule has 0 bridgehead atoms. The van der Waals surface area contributed by atoms with Gasteiger partial charge in [-0.2, -0.15) is 4.99 Å². The Morgan fingerprint density at radius 2 is 1.77 bits per heavy atom. The first kappa shape index (κ1) is 21.9. The van der Waals surface area contributed by atoms with Crippen LogP contribution in [0.2, 0.25) is 0 Å². The second-order valence-corrected chi connectivity index (χ2v) is 12.2. The van der Waals surface area contributed by atoms with Crippen LogP contribution in [0.1, 0.15) is 26.3 Å². The second-order valence-electron chi connectivity index (χ2n) is 8.89. The molecule has 0 spiro atoms. The molecule has 0 N–H and O–H groups in total. The number of amides is 1. The third kappa shape index (κ3) is 4.96. The summed E-state index contributed by atoms with van der Waals surface area (Å²) >= 11 is 1.39. The maximum absolute atomic E-state index is 12.6. The van der Waals surface area contributed by atoms with E-state index in [1.165, 1.54) is 11.8 Å². The van der Waals surface area contributed by atoms with E-state index >= 15 is 0 Å². The number of amidine groups is 1. The Bertz CT molecular complexity index is 1090. The summed E-state index contributed by atoms with van der Waals surface area (Å²) in [5.41, 5.74) is 1.29. The number of hydrogen-bond donors (Lipinski definition) is 0. The van der Waals surface area contributed by atoms with Crippen LogP contribution in [0.15, 0.2) is 59.6 Å². The SMILES string of the molecule is CC(C)(C)C(=O)N=C1S[C@@H]2CS(=O)(=O)C[C@H]2N1c1ccc(OCc2ccccc2)cc1. The predicted molar refractivity (Wildman–Crippen MR) is 125 cm³/mol. The number of carbonyl (C=O) groups is 1. The Kier molecular flexibility index (Phi) is 5.87. The molecule has 2 aliphatic heterocycles. The topological polar surface area (TPSA) is 76.0 Å². The van der Waals surface area contributed by atoms with Gasteiger partial charge in [-0.1, -0.05) is 62.9 Å². The van der Waals surface area contributed by atoms with E-state index < -0.39 is 15.3 Å². The first-order valence-electron chi connectivity index (χ1n) is 10.2. The fraction of sp³-hybridized carbons (Fsp3) is 0.391. The highest BCUT2D eigenvalue weighted by Gasteiger charge is 2.49. The van der Waals surface area contributed by atoms with Crippen molar-refractivity contribution in [2.75, 3.05) is 16.4 Å². The Hall–Kier alpha value is -2.32. The molecule has 2 aromatic rings. The summed E-state index contributed by atoms with van der Waals surface area (Å²) in [7, 11) is -3.10. The van der Waals surface area contributed by atoms with Crippen molar-refractivity contribution in [2.45, 2.75) is 38.7 Å². The molecule has 0 aliphatic carbocycles. The van der Waals surface area contributed by atoms with Gasteiger partial charge in [0.25, 0.3) is 5.91 Å². The zero-order valence-electron chi connectivity index (χ0n) is 17.8. The lowest BCUT2D eigenvalue weighted by molar-refractivity contribution is -0.124. The summed E-state index contributed by atoms with van der Waals surface area (Å²) in [4.78, 5) is 18.8. The number of carbonyl (C=O) groups excluding carboxylic acids is 1. The van der Waals surface area contributed by atoms with Crippen LogP contribution in [-0.4, -0.2) is 42.3 Å². The minimum absolute atomic E-state index is 0.0691. The quantitative estimate of drug-likeness (QED) is 0.691. The van der Waals surface area contributed by atoms with Gasteiger partial charge in [0.1, 0.15) is 12.4 Å². The van der Waals surface area contributed by atoms with E-state index in [9.17, 15) is 13.2 Å². The van der Waals surface area contributed by atoms with Gasteiger partial charge in [0.15, 0.2) is 15.0 Å². The molecule has 2 aliphatic rings. The summed E-state index contributed by atoms with van der Waals surface area (Å²) in [6.07, 6.45) is 0. The summed E-state index contributed by atoms with van der Waals surface area (Å²) < 4.78 is 30.3. The number of aliphatic imine (C=N–C) groups is 1. The molecule has 4 rings (SSSR count). The molecule has 2 saturated heterocycles. The molecule has 1 amide bonds. The van der Waals surface area contributed by atoms with Gasteiger partial charge in [0, 0.05) is 16.4 Å². The highest BCUT2D eigenvalue weighted by molar-refractivity contribution is 8.16. The number of benzene rings is 2. The van der Waals surface area contributed by atoms with Gasteiger partial charge in [0.2, 0.25) is 0 Å². The number of thioether (sulfide) groups is 1. The smallest absolute Gasteiger partial charge is 0.253 e. The maximum atomic E-state index is 12.6. The lowest BCUT2D eigenvalue weighted by Gasteiger charge is -2.25. The summed E-state index contributed by atoms with van der Waals surface area (Å²) in [6, 6.07) is 17.2. The third-order valence-electron chi connectivity index (χ3n) is 5.27. The van der Waals surface area contributed by atoms with Gasteiger partial charge in [-0.05, 0) is 29.8 Å². The Labute approximate surface area is 187 Å². The summed E-state index contributed by atoms with van der Waals surface area (Å²) in [5, 5.41) is 0.452. The summed E-state index contributed by atoms with van der Waals surface area (Å²) in [5.74, 6) is 0.685. The number of nitrogens with zero attached hydrogens (tertiary/aromatic N) is 2. The molecular weight excluding hydrogens is 432 g/mol. The van der Waals surface area contributed by atoms with Gasteiger partial charge in [0.05, 0.1) is 17.5 Å². The van der Waals surface area contributed by atoms with Crippen LogP contribution in [0.5, 0.6) is 5.75 Å². The number of sulfone groups is 1. The van der Waals surface area contributed by atoms with Crippen molar-refractivity contribution in [3.8, 4) is 5.75 Å². The molecule has 0 aromatic heterocycles. The van der Waals surface area contributed by atoms with Crippen LogP contribution < -0.4 is 9.64 Å².